The van der Waals surface area contributed by atoms with E-state index in [1.807, 2.05) is 30.3 Å². The van der Waals surface area contributed by atoms with Gasteiger partial charge in [0.25, 0.3) is 0 Å². The van der Waals surface area contributed by atoms with Gasteiger partial charge >= 0.3 is 0 Å². The Morgan fingerprint density at radius 2 is 1.92 bits per heavy atom. The molecular formula is C18H17N5O. The van der Waals surface area contributed by atoms with E-state index < -0.39 is 0 Å². The van der Waals surface area contributed by atoms with Gasteiger partial charge in [0.15, 0.2) is 0 Å². The molecule has 120 valence electrons. The van der Waals surface area contributed by atoms with E-state index in [9.17, 15) is 0 Å². The van der Waals surface area contributed by atoms with Crippen molar-refractivity contribution in [3.05, 3.63) is 53.8 Å². The lowest BCUT2D eigenvalue weighted by molar-refractivity contribution is 0.328. The monoisotopic (exact) mass is 319 g/mol. The first kappa shape index (κ1) is 13.7. The van der Waals surface area contributed by atoms with E-state index in [0.29, 0.717) is 5.82 Å². The number of hydrogen-bond acceptors (Lipinski definition) is 6. The van der Waals surface area contributed by atoms with Crippen LogP contribution >= 0.6 is 0 Å². The minimum atomic E-state index is 0.280. The highest BCUT2D eigenvalue weighted by molar-refractivity contribution is 5.55. The molecule has 1 aliphatic heterocycles. The highest BCUT2D eigenvalue weighted by atomic mass is 16.5. The van der Waals surface area contributed by atoms with Crippen LogP contribution in [-0.4, -0.2) is 33.2 Å². The summed E-state index contributed by atoms with van der Waals surface area (Å²) in [6, 6.07) is 9.92. The first-order valence-electron chi connectivity index (χ1n) is 8.35. The van der Waals surface area contributed by atoms with Crippen molar-refractivity contribution in [1.82, 2.24) is 20.1 Å². The van der Waals surface area contributed by atoms with E-state index in [4.69, 9.17) is 4.52 Å². The highest BCUT2D eigenvalue weighted by Crippen LogP contribution is 2.35. The van der Waals surface area contributed by atoms with Crippen molar-refractivity contribution >= 4 is 5.82 Å². The van der Waals surface area contributed by atoms with E-state index in [1.165, 1.54) is 17.7 Å². The van der Waals surface area contributed by atoms with Crippen molar-refractivity contribution in [3.63, 3.8) is 0 Å². The van der Waals surface area contributed by atoms with E-state index in [1.54, 1.807) is 6.33 Å². The number of nitrogens with zero attached hydrogens (tertiary/aromatic N) is 5. The van der Waals surface area contributed by atoms with Gasteiger partial charge in [0.05, 0.1) is 5.92 Å². The summed E-state index contributed by atoms with van der Waals surface area (Å²) in [7, 11) is 0. The Balaban J connectivity index is 1.32. The van der Waals surface area contributed by atoms with Gasteiger partial charge in [-0.15, -0.1) is 0 Å². The van der Waals surface area contributed by atoms with Crippen LogP contribution in [0.4, 0.5) is 5.82 Å². The van der Waals surface area contributed by atoms with Gasteiger partial charge in [0, 0.05) is 29.9 Å². The van der Waals surface area contributed by atoms with Crippen molar-refractivity contribution < 1.29 is 4.52 Å². The van der Waals surface area contributed by atoms with Gasteiger partial charge < -0.3 is 9.42 Å². The molecule has 5 rings (SSSR count). The molecule has 1 aliphatic carbocycles. The SMILES string of the molecule is c1ccc(-c2noc(C3CN(c4ncnc5c4CCC5)C3)n2)cc1. The quantitative estimate of drug-likeness (QED) is 0.739. The third-order valence-corrected chi connectivity index (χ3v) is 4.86. The molecule has 24 heavy (non-hydrogen) atoms. The van der Waals surface area contributed by atoms with Crippen molar-refractivity contribution in [2.75, 3.05) is 18.0 Å². The zero-order chi connectivity index (χ0) is 15.9. The van der Waals surface area contributed by atoms with Crippen molar-refractivity contribution in [3.8, 4) is 11.4 Å². The summed E-state index contributed by atoms with van der Waals surface area (Å²) in [5, 5.41) is 4.11. The van der Waals surface area contributed by atoms with E-state index >= 15 is 0 Å². The molecule has 0 radical (unpaired) electrons. The lowest BCUT2D eigenvalue weighted by atomic mass is 9.99. The largest absolute Gasteiger partial charge is 0.355 e. The summed E-state index contributed by atoms with van der Waals surface area (Å²) < 4.78 is 5.48. The average Bonchev–Trinajstić information content (AvgIpc) is 3.24. The molecule has 0 atom stereocenters. The predicted octanol–water partition coefficient (Wildman–Crippen LogP) is 2.62. The molecule has 2 aliphatic rings. The van der Waals surface area contributed by atoms with Gasteiger partial charge in [0.2, 0.25) is 11.7 Å². The Morgan fingerprint density at radius 3 is 2.79 bits per heavy atom. The smallest absolute Gasteiger partial charge is 0.233 e. The number of rotatable bonds is 3. The molecule has 1 fully saturated rings. The number of aryl methyl sites for hydroxylation is 1. The predicted molar refractivity (Wildman–Crippen MR) is 88.7 cm³/mol. The molecule has 0 spiro atoms. The lowest BCUT2D eigenvalue weighted by Crippen LogP contribution is -2.46. The molecule has 6 nitrogen and oxygen atoms in total. The topological polar surface area (TPSA) is 67.9 Å². The maximum Gasteiger partial charge on any atom is 0.233 e. The third-order valence-electron chi connectivity index (χ3n) is 4.86. The van der Waals surface area contributed by atoms with Crippen LogP contribution in [0.5, 0.6) is 0 Å². The van der Waals surface area contributed by atoms with E-state index in [-0.39, 0.29) is 5.92 Å². The normalized spacial score (nSPS) is 16.9. The average molecular weight is 319 g/mol. The van der Waals surface area contributed by atoms with Gasteiger partial charge in [-0.3, -0.25) is 0 Å². The fourth-order valence-electron chi connectivity index (χ4n) is 3.53. The fourth-order valence-corrected chi connectivity index (χ4v) is 3.53. The van der Waals surface area contributed by atoms with Crippen LogP contribution in [0.2, 0.25) is 0 Å². The van der Waals surface area contributed by atoms with Crippen LogP contribution in [0.25, 0.3) is 11.4 Å². The molecule has 1 aromatic carbocycles. The van der Waals surface area contributed by atoms with Crippen molar-refractivity contribution in [2.45, 2.75) is 25.2 Å². The molecule has 3 aromatic rings. The molecule has 2 aromatic heterocycles. The second kappa shape index (κ2) is 5.40. The summed E-state index contributed by atoms with van der Waals surface area (Å²) in [6.07, 6.45) is 5.03. The first-order chi connectivity index (χ1) is 11.9. The fraction of sp³-hybridized carbons (Fsp3) is 0.333. The summed E-state index contributed by atoms with van der Waals surface area (Å²) in [6.45, 7) is 1.75. The third kappa shape index (κ3) is 2.18. The standard InChI is InChI=1S/C18H17N5O/c1-2-5-12(6-3-1)16-21-18(24-22-16)13-9-23(10-13)17-14-7-4-8-15(14)19-11-20-17/h1-3,5-6,11,13H,4,7-10H2. The van der Waals surface area contributed by atoms with Crippen molar-refractivity contribution in [1.29, 1.82) is 0 Å². The van der Waals surface area contributed by atoms with E-state index in [2.05, 4.69) is 25.0 Å². The van der Waals surface area contributed by atoms with Gasteiger partial charge in [-0.2, -0.15) is 4.98 Å². The Labute approximate surface area is 139 Å². The first-order valence-corrected chi connectivity index (χ1v) is 8.35. The van der Waals surface area contributed by atoms with Gasteiger partial charge in [-0.25, -0.2) is 9.97 Å². The number of aromatic nitrogens is 4. The van der Waals surface area contributed by atoms with E-state index in [0.717, 1.165) is 43.2 Å². The Kier molecular flexibility index (Phi) is 3.07. The Morgan fingerprint density at radius 1 is 1.04 bits per heavy atom. The summed E-state index contributed by atoms with van der Waals surface area (Å²) in [4.78, 5) is 15.8. The van der Waals surface area contributed by atoms with Gasteiger partial charge in [-0.1, -0.05) is 35.5 Å². The summed E-state index contributed by atoms with van der Waals surface area (Å²) >= 11 is 0. The minimum Gasteiger partial charge on any atom is -0.355 e. The number of benzene rings is 1. The van der Waals surface area contributed by atoms with Crippen LogP contribution in [0.1, 0.15) is 29.5 Å². The Hall–Kier alpha value is -2.76. The second-order valence-electron chi connectivity index (χ2n) is 6.40. The maximum atomic E-state index is 5.48. The summed E-state index contributed by atoms with van der Waals surface area (Å²) in [5.41, 5.74) is 3.52. The molecule has 3 heterocycles. The molecule has 1 saturated heterocycles. The Bertz CT molecular complexity index is 870. The number of fused-ring (bicyclic) bond motifs is 1. The van der Waals surface area contributed by atoms with Crippen LogP contribution in [0.15, 0.2) is 41.2 Å². The second-order valence-corrected chi connectivity index (χ2v) is 6.40. The number of hydrogen-bond donors (Lipinski definition) is 0. The van der Waals surface area contributed by atoms with Gasteiger partial charge in [0.1, 0.15) is 12.1 Å². The van der Waals surface area contributed by atoms with Crippen LogP contribution < -0.4 is 4.90 Å². The summed E-state index contributed by atoms with van der Waals surface area (Å²) in [5.74, 6) is 2.75. The molecular weight excluding hydrogens is 302 g/mol. The highest BCUT2D eigenvalue weighted by Gasteiger charge is 2.35. The zero-order valence-electron chi connectivity index (χ0n) is 13.2. The van der Waals surface area contributed by atoms with Gasteiger partial charge in [-0.05, 0) is 19.3 Å². The molecule has 6 heteroatoms. The minimum absolute atomic E-state index is 0.280. The zero-order valence-corrected chi connectivity index (χ0v) is 13.2. The van der Waals surface area contributed by atoms with Crippen molar-refractivity contribution in [2.24, 2.45) is 0 Å². The maximum absolute atomic E-state index is 5.48. The van der Waals surface area contributed by atoms with Crippen LogP contribution in [0.3, 0.4) is 0 Å². The molecule has 0 amide bonds. The number of anilines is 1. The van der Waals surface area contributed by atoms with Crippen LogP contribution in [-0.2, 0) is 12.8 Å². The molecule has 0 unspecified atom stereocenters. The molecule has 0 saturated carbocycles. The van der Waals surface area contributed by atoms with Crippen LogP contribution in [0, 0.1) is 0 Å². The molecule has 0 bridgehead atoms. The molecule has 0 N–H and O–H groups in total. The lowest BCUT2D eigenvalue weighted by Gasteiger charge is -2.38.